The second-order valence-corrected chi connectivity index (χ2v) is 4.48. The lowest BCUT2D eigenvalue weighted by Crippen LogP contribution is -1.90. The van der Waals surface area contributed by atoms with Crippen LogP contribution in [0.4, 0.5) is 0 Å². The Balaban J connectivity index is 2.64. The Morgan fingerprint density at radius 1 is 1.06 bits per heavy atom. The van der Waals surface area contributed by atoms with Gasteiger partial charge in [0, 0.05) is 11.8 Å². The van der Waals surface area contributed by atoms with Crippen molar-refractivity contribution < 1.29 is 0 Å². The van der Waals surface area contributed by atoms with Crippen LogP contribution in [0.3, 0.4) is 0 Å². The Morgan fingerprint density at radius 2 is 1.88 bits per heavy atom. The van der Waals surface area contributed by atoms with Crippen LogP contribution in [0.15, 0.2) is 48.2 Å². The number of hydrogen-bond donors (Lipinski definition) is 0. The quantitative estimate of drug-likeness (QED) is 0.731. The van der Waals surface area contributed by atoms with E-state index in [2.05, 4.69) is 56.1 Å². The Hall–Kier alpha value is -1.89. The smallest absolute Gasteiger partial charge is 0.0710 e. The van der Waals surface area contributed by atoms with Crippen molar-refractivity contribution in [2.75, 3.05) is 0 Å². The van der Waals surface area contributed by atoms with Gasteiger partial charge in [0.05, 0.1) is 5.69 Å². The van der Waals surface area contributed by atoms with E-state index in [-0.39, 0.29) is 0 Å². The molecule has 0 atom stereocenters. The van der Waals surface area contributed by atoms with E-state index in [9.17, 15) is 0 Å². The molecule has 1 aromatic carbocycles. The zero-order chi connectivity index (χ0) is 12.3. The first-order valence-electron chi connectivity index (χ1n) is 5.84. The molecule has 2 aromatic rings. The highest BCUT2D eigenvalue weighted by molar-refractivity contribution is 5.76. The molecule has 0 radical (unpaired) electrons. The van der Waals surface area contributed by atoms with E-state index in [1.54, 1.807) is 0 Å². The maximum Gasteiger partial charge on any atom is 0.0710 e. The van der Waals surface area contributed by atoms with Gasteiger partial charge >= 0.3 is 0 Å². The van der Waals surface area contributed by atoms with Crippen molar-refractivity contribution in [1.29, 1.82) is 0 Å². The van der Waals surface area contributed by atoms with Crippen LogP contribution in [0.5, 0.6) is 0 Å². The zero-order valence-corrected chi connectivity index (χ0v) is 10.6. The van der Waals surface area contributed by atoms with Gasteiger partial charge in [0.25, 0.3) is 0 Å². The van der Waals surface area contributed by atoms with Gasteiger partial charge in [0.15, 0.2) is 0 Å². The maximum absolute atomic E-state index is 4.45. The number of rotatable bonds is 2. The lowest BCUT2D eigenvalue weighted by atomic mass is 9.97. The van der Waals surface area contributed by atoms with Gasteiger partial charge in [0.2, 0.25) is 0 Å². The predicted octanol–water partition coefficient (Wildman–Crippen LogP) is 4.48. The third kappa shape index (κ3) is 2.62. The number of aryl methyl sites for hydroxylation is 1. The Bertz CT molecular complexity index is 535. The standard InChI is InChI=1S/C16H17N/c1-12(2)11-14-8-6-7-13(3)16(14)15-9-4-5-10-17-15/h4-11H,1-3H3. The third-order valence-electron chi connectivity index (χ3n) is 2.67. The van der Waals surface area contributed by atoms with E-state index in [1.807, 2.05) is 18.3 Å². The maximum atomic E-state index is 4.45. The Labute approximate surface area is 103 Å². The van der Waals surface area contributed by atoms with Crippen LogP contribution < -0.4 is 0 Å². The van der Waals surface area contributed by atoms with Gasteiger partial charge in [-0.25, -0.2) is 0 Å². The summed E-state index contributed by atoms with van der Waals surface area (Å²) in [4.78, 5) is 4.45. The molecule has 1 nitrogen and oxygen atoms in total. The molecule has 0 unspecified atom stereocenters. The molecule has 0 spiro atoms. The molecule has 0 amide bonds. The SMILES string of the molecule is CC(C)=Cc1cccc(C)c1-c1ccccn1. The van der Waals surface area contributed by atoms with Crippen molar-refractivity contribution in [2.24, 2.45) is 0 Å². The van der Waals surface area contributed by atoms with E-state index in [4.69, 9.17) is 0 Å². The Kier molecular flexibility index (Phi) is 3.38. The van der Waals surface area contributed by atoms with E-state index >= 15 is 0 Å². The lowest BCUT2D eigenvalue weighted by molar-refractivity contribution is 1.30. The molecule has 17 heavy (non-hydrogen) atoms. The molecular formula is C16H17N. The van der Waals surface area contributed by atoms with Crippen LogP contribution in [-0.4, -0.2) is 4.98 Å². The number of aromatic nitrogens is 1. The zero-order valence-electron chi connectivity index (χ0n) is 10.6. The number of allylic oxidation sites excluding steroid dienone is 1. The summed E-state index contributed by atoms with van der Waals surface area (Å²) in [5, 5.41) is 0. The highest BCUT2D eigenvalue weighted by Crippen LogP contribution is 2.27. The van der Waals surface area contributed by atoms with E-state index in [0.717, 1.165) is 5.69 Å². The van der Waals surface area contributed by atoms with Gasteiger partial charge in [0.1, 0.15) is 0 Å². The average molecular weight is 223 g/mol. The van der Waals surface area contributed by atoms with Gasteiger partial charge in [-0.1, -0.05) is 35.9 Å². The normalized spacial score (nSPS) is 10.1. The summed E-state index contributed by atoms with van der Waals surface area (Å²) in [5.41, 5.74) is 6.07. The molecule has 0 fully saturated rings. The van der Waals surface area contributed by atoms with Crippen LogP contribution in [0.2, 0.25) is 0 Å². The van der Waals surface area contributed by atoms with Gasteiger partial charge < -0.3 is 0 Å². The highest BCUT2D eigenvalue weighted by Gasteiger charge is 2.06. The number of hydrogen-bond acceptors (Lipinski definition) is 1. The molecule has 0 bridgehead atoms. The van der Waals surface area contributed by atoms with E-state index in [0.29, 0.717) is 0 Å². The Morgan fingerprint density at radius 3 is 2.53 bits per heavy atom. The molecule has 1 heterocycles. The van der Waals surface area contributed by atoms with Gasteiger partial charge in [-0.05, 0) is 44.0 Å². The molecule has 0 saturated heterocycles. The van der Waals surface area contributed by atoms with Crippen molar-refractivity contribution in [3.8, 4) is 11.3 Å². The summed E-state index contributed by atoms with van der Waals surface area (Å²) in [6.45, 7) is 6.36. The van der Waals surface area contributed by atoms with E-state index in [1.165, 1.54) is 22.3 Å². The van der Waals surface area contributed by atoms with Crippen LogP contribution >= 0.6 is 0 Å². The fourth-order valence-electron chi connectivity index (χ4n) is 1.98. The minimum atomic E-state index is 1.04. The fourth-order valence-corrected chi connectivity index (χ4v) is 1.98. The summed E-state index contributed by atoms with van der Waals surface area (Å²) in [7, 11) is 0. The molecule has 0 N–H and O–H groups in total. The first kappa shape index (κ1) is 11.6. The molecule has 0 aliphatic heterocycles. The summed E-state index contributed by atoms with van der Waals surface area (Å²) >= 11 is 0. The molecule has 1 aromatic heterocycles. The van der Waals surface area contributed by atoms with Crippen LogP contribution in [0.25, 0.3) is 17.3 Å². The van der Waals surface area contributed by atoms with Gasteiger partial charge in [-0.3, -0.25) is 4.98 Å². The highest BCUT2D eigenvalue weighted by atomic mass is 14.7. The van der Waals surface area contributed by atoms with E-state index < -0.39 is 0 Å². The molecule has 1 heteroatoms. The fraction of sp³-hybridized carbons (Fsp3) is 0.188. The number of pyridine rings is 1. The third-order valence-corrected chi connectivity index (χ3v) is 2.67. The van der Waals surface area contributed by atoms with Crippen molar-refractivity contribution >= 4 is 6.08 Å². The summed E-state index contributed by atoms with van der Waals surface area (Å²) in [6, 6.07) is 12.4. The summed E-state index contributed by atoms with van der Waals surface area (Å²) < 4.78 is 0. The summed E-state index contributed by atoms with van der Waals surface area (Å²) in [5.74, 6) is 0. The second kappa shape index (κ2) is 4.96. The van der Waals surface area contributed by atoms with Crippen LogP contribution in [0, 0.1) is 6.92 Å². The molecule has 0 aliphatic rings. The van der Waals surface area contributed by atoms with Crippen molar-refractivity contribution in [3.05, 3.63) is 59.3 Å². The second-order valence-electron chi connectivity index (χ2n) is 4.48. The topological polar surface area (TPSA) is 12.9 Å². The van der Waals surface area contributed by atoms with Crippen molar-refractivity contribution in [2.45, 2.75) is 20.8 Å². The van der Waals surface area contributed by atoms with Crippen molar-refractivity contribution in [3.63, 3.8) is 0 Å². The monoisotopic (exact) mass is 223 g/mol. The van der Waals surface area contributed by atoms with Gasteiger partial charge in [-0.15, -0.1) is 0 Å². The lowest BCUT2D eigenvalue weighted by Gasteiger charge is -2.09. The molecule has 2 rings (SSSR count). The summed E-state index contributed by atoms with van der Waals surface area (Å²) in [6.07, 6.45) is 4.05. The van der Waals surface area contributed by atoms with Gasteiger partial charge in [-0.2, -0.15) is 0 Å². The number of nitrogens with zero attached hydrogens (tertiary/aromatic N) is 1. The minimum Gasteiger partial charge on any atom is -0.256 e. The molecular weight excluding hydrogens is 206 g/mol. The molecule has 0 aliphatic carbocycles. The minimum absolute atomic E-state index is 1.04. The van der Waals surface area contributed by atoms with Crippen molar-refractivity contribution in [1.82, 2.24) is 4.98 Å². The van der Waals surface area contributed by atoms with Crippen LogP contribution in [0.1, 0.15) is 25.0 Å². The first-order valence-corrected chi connectivity index (χ1v) is 5.84. The molecule has 86 valence electrons. The first-order chi connectivity index (χ1) is 8.18. The number of benzene rings is 1. The largest absolute Gasteiger partial charge is 0.256 e. The molecule has 0 saturated carbocycles. The predicted molar refractivity (Wildman–Crippen MR) is 73.7 cm³/mol. The average Bonchev–Trinajstić information content (AvgIpc) is 2.29. The van der Waals surface area contributed by atoms with Crippen LogP contribution in [-0.2, 0) is 0 Å².